The van der Waals surface area contributed by atoms with Crippen molar-refractivity contribution < 1.29 is 23.5 Å². The van der Waals surface area contributed by atoms with E-state index in [1.807, 2.05) is 0 Å². The number of ketones is 1. The van der Waals surface area contributed by atoms with Crippen LogP contribution < -0.4 is 10.4 Å². The highest BCUT2D eigenvalue weighted by Gasteiger charge is 2.38. The number of halogens is 2. The van der Waals surface area contributed by atoms with Gasteiger partial charge in [0, 0.05) is 38.7 Å². The first-order valence-electron chi connectivity index (χ1n) is 10.4. The summed E-state index contributed by atoms with van der Waals surface area (Å²) in [5.74, 6) is -2.85. The minimum Gasteiger partial charge on any atom is -0.502 e. The Hall–Kier alpha value is -3.67. The van der Waals surface area contributed by atoms with Crippen molar-refractivity contribution >= 4 is 23.0 Å². The first kappa shape index (κ1) is 23.5. The van der Waals surface area contributed by atoms with Gasteiger partial charge in [-0.2, -0.15) is 0 Å². The number of pyridine rings is 1. The van der Waals surface area contributed by atoms with Crippen molar-refractivity contribution in [1.29, 1.82) is 0 Å². The quantitative estimate of drug-likeness (QED) is 0.566. The fourth-order valence-electron chi connectivity index (χ4n) is 3.92. The minimum absolute atomic E-state index is 0.00393. The number of hydrogen-bond acceptors (Lipinski definition) is 8. The maximum atomic E-state index is 14.0. The number of nitrogens with zero attached hydrogens (tertiary/aromatic N) is 5. The predicted octanol–water partition coefficient (Wildman–Crippen LogP) is 2.29. The van der Waals surface area contributed by atoms with E-state index < -0.39 is 34.9 Å². The number of rotatable bonds is 6. The molecule has 0 saturated carbocycles. The van der Waals surface area contributed by atoms with Crippen LogP contribution >= 0.6 is 11.3 Å². The summed E-state index contributed by atoms with van der Waals surface area (Å²) in [4.78, 5) is 39.2. The van der Waals surface area contributed by atoms with Gasteiger partial charge in [-0.25, -0.2) is 8.78 Å². The van der Waals surface area contributed by atoms with Crippen molar-refractivity contribution in [3.8, 4) is 16.3 Å². The van der Waals surface area contributed by atoms with Gasteiger partial charge in [-0.1, -0.05) is 17.4 Å². The van der Waals surface area contributed by atoms with Gasteiger partial charge >= 0.3 is 0 Å². The first-order valence-corrected chi connectivity index (χ1v) is 11.2. The third-order valence-electron chi connectivity index (χ3n) is 5.62. The third kappa shape index (κ3) is 4.04. The number of fused-ring (bicyclic) bond motifs is 1. The van der Waals surface area contributed by atoms with Gasteiger partial charge in [0.15, 0.2) is 16.5 Å². The summed E-state index contributed by atoms with van der Waals surface area (Å²) in [7, 11) is 1.64. The van der Waals surface area contributed by atoms with Crippen LogP contribution in [0.5, 0.6) is 5.75 Å². The zero-order valence-corrected chi connectivity index (χ0v) is 19.4. The second-order valence-electron chi connectivity index (χ2n) is 7.88. The Bertz CT molecular complexity index is 1360. The molecule has 0 spiro atoms. The third-order valence-corrected chi connectivity index (χ3v) is 6.58. The summed E-state index contributed by atoms with van der Waals surface area (Å²) in [5.41, 5.74) is -0.803. The Labute approximate surface area is 196 Å². The highest BCUT2D eigenvalue weighted by Crippen LogP contribution is 2.30. The lowest BCUT2D eigenvalue weighted by Crippen LogP contribution is -2.60. The number of carbonyl (C=O) groups excluding carboxylic acids is 2. The average molecular weight is 490 g/mol. The van der Waals surface area contributed by atoms with Crippen LogP contribution in [0, 0.1) is 11.6 Å². The number of amides is 1. The molecule has 34 heavy (non-hydrogen) atoms. The smallest absolute Gasteiger partial charge is 0.278 e. The molecule has 1 N–H and O–H groups in total. The highest BCUT2D eigenvalue weighted by atomic mass is 32.1. The second kappa shape index (κ2) is 8.93. The SMILES string of the molecule is CCN1C(=O)c2c(O)c(=O)c(-c3nnc(Cc4ccc(F)cc4F)s3)cn2N(C)C1CC(C)=O. The van der Waals surface area contributed by atoms with E-state index in [2.05, 4.69) is 10.2 Å². The molecule has 1 atom stereocenters. The molecule has 4 rings (SSSR count). The van der Waals surface area contributed by atoms with Crippen LogP contribution in [0.25, 0.3) is 10.6 Å². The molecule has 1 aromatic carbocycles. The molecule has 0 radical (unpaired) electrons. The maximum Gasteiger partial charge on any atom is 0.278 e. The summed E-state index contributed by atoms with van der Waals surface area (Å²) in [6.07, 6.45) is 0.859. The van der Waals surface area contributed by atoms with Gasteiger partial charge in [0.25, 0.3) is 5.91 Å². The fraction of sp³-hybridized carbons (Fsp3) is 0.318. The van der Waals surface area contributed by atoms with Crippen LogP contribution in [0.4, 0.5) is 8.78 Å². The number of hydrogen-bond donors (Lipinski definition) is 1. The molecule has 3 aromatic rings. The molecular weight excluding hydrogens is 468 g/mol. The van der Waals surface area contributed by atoms with Crippen LogP contribution in [0.15, 0.2) is 29.2 Å². The summed E-state index contributed by atoms with van der Waals surface area (Å²) < 4.78 is 28.5. The normalized spacial score (nSPS) is 15.6. The molecule has 3 heterocycles. The van der Waals surface area contributed by atoms with Gasteiger partial charge in [0.2, 0.25) is 5.43 Å². The van der Waals surface area contributed by atoms with E-state index in [1.54, 1.807) is 19.0 Å². The molecule has 0 saturated heterocycles. The van der Waals surface area contributed by atoms with Crippen LogP contribution in [-0.4, -0.2) is 56.3 Å². The molecule has 1 unspecified atom stereocenters. The van der Waals surface area contributed by atoms with E-state index in [0.29, 0.717) is 5.01 Å². The predicted molar refractivity (Wildman–Crippen MR) is 120 cm³/mol. The lowest BCUT2D eigenvalue weighted by molar-refractivity contribution is -0.118. The Morgan fingerprint density at radius 3 is 2.62 bits per heavy atom. The lowest BCUT2D eigenvalue weighted by atomic mass is 10.1. The molecule has 1 aliphatic heterocycles. The number of aromatic nitrogens is 3. The summed E-state index contributed by atoms with van der Waals surface area (Å²) >= 11 is 1.01. The van der Waals surface area contributed by atoms with E-state index in [1.165, 1.54) is 28.8 Å². The lowest BCUT2D eigenvalue weighted by Gasteiger charge is -2.44. The molecule has 12 heteroatoms. The first-order chi connectivity index (χ1) is 16.1. The number of carbonyl (C=O) groups is 2. The summed E-state index contributed by atoms with van der Waals surface area (Å²) in [5, 5.41) is 20.8. The molecule has 9 nitrogen and oxygen atoms in total. The topological polar surface area (TPSA) is 109 Å². The Morgan fingerprint density at radius 1 is 1.24 bits per heavy atom. The Balaban J connectivity index is 1.75. The molecule has 1 aliphatic rings. The van der Waals surface area contributed by atoms with Crippen LogP contribution in [0.3, 0.4) is 0 Å². The van der Waals surface area contributed by atoms with Gasteiger partial charge in [0.05, 0.1) is 5.56 Å². The Kier molecular flexibility index (Phi) is 6.17. The van der Waals surface area contributed by atoms with E-state index in [-0.39, 0.29) is 47.0 Å². The van der Waals surface area contributed by atoms with Gasteiger partial charge in [-0.15, -0.1) is 10.2 Å². The molecular formula is C22H21F2N5O4S. The summed E-state index contributed by atoms with van der Waals surface area (Å²) in [6, 6.07) is 3.22. The van der Waals surface area contributed by atoms with Crippen molar-refractivity contribution in [2.45, 2.75) is 32.9 Å². The van der Waals surface area contributed by atoms with Crippen molar-refractivity contribution in [3.63, 3.8) is 0 Å². The van der Waals surface area contributed by atoms with Crippen LogP contribution in [-0.2, 0) is 11.2 Å². The number of aromatic hydroxyl groups is 1. The zero-order chi connectivity index (χ0) is 24.7. The molecule has 0 fully saturated rings. The van der Waals surface area contributed by atoms with Crippen molar-refractivity contribution in [2.24, 2.45) is 0 Å². The molecule has 1 amide bonds. The molecule has 178 valence electrons. The van der Waals surface area contributed by atoms with Crippen LogP contribution in [0.2, 0.25) is 0 Å². The second-order valence-corrected chi connectivity index (χ2v) is 8.94. The molecule has 2 aromatic heterocycles. The number of Topliss-reactive ketones (excluding diaryl/α,β-unsaturated/α-hetero) is 1. The average Bonchev–Trinajstić information content (AvgIpc) is 3.24. The van der Waals surface area contributed by atoms with Crippen molar-refractivity contribution in [2.75, 3.05) is 18.6 Å². The molecule has 0 bridgehead atoms. The van der Waals surface area contributed by atoms with Gasteiger partial charge in [-0.3, -0.25) is 24.1 Å². The molecule has 0 aliphatic carbocycles. The minimum atomic E-state index is -0.801. The zero-order valence-electron chi connectivity index (χ0n) is 18.6. The van der Waals surface area contributed by atoms with E-state index >= 15 is 0 Å². The van der Waals surface area contributed by atoms with Gasteiger partial charge in [-0.05, 0) is 25.5 Å². The van der Waals surface area contributed by atoms with E-state index in [9.17, 15) is 28.3 Å². The maximum absolute atomic E-state index is 14.0. The van der Waals surface area contributed by atoms with E-state index in [4.69, 9.17) is 0 Å². The standard InChI is InChI=1S/C22H21F2N5O4S/c1-4-28-17(7-11(2)30)27(3)29-10-14(19(31)20(32)18(29)22(28)33)21-26-25-16(34-21)8-12-5-6-13(23)9-15(12)24/h5-6,9-10,17,32H,4,7-8H2,1-3H3. The Morgan fingerprint density at radius 2 is 1.97 bits per heavy atom. The monoisotopic (exact) mass is 489 g/mol. The number of benzene rings is 1. The summed E-state index contributed by atoms with van der Waals surface area (Å²) in [6.45, 7) is 3.43. The van der Waals surface area contributed by atoms with Crippen molar-refractivity contribution in [3.05, 3.63) is 62.5 Å². The largest absolute Gasteiger partial charge is 0.502 e. The van der Waals surface area contributed by atoms with Crippen LogP contribution in [0.1, 0.15) is 41.3 Å². The van der Waals surface area contributed by atoms with Gasteiger partial charge < -0.3 is 10.0 Å². The fourth-order valence-corrected chi connectivity index (χ4v) is 4.79. The highest BCUT2D eigenvalue weighted by molar-refractivity contribution is 7.14. The van der Waals surface area contributed by atoms with Crippen molar-refractivity contribution in [1.82, 2.24) is 19.8 Å². The van der Waals surface area contributed by atoms with E-state index in [0.717, 1.165) is 23.5 Å². The van der Waals surface area contributed by atoms with Gasteiger partial charge in [0.1, 0.15) is 28.6 Å².